The third kappa shape index (κ3) is 3.15. The van der Waals surface area contributed by atoms with Gasteiger partial charge in [0.15, 0.2) is 11.5 Å². The zero-order valence-electron chi connectivity index (χ0n) is 10.5. The number of aliphatic carboxylic acids is 1. The summed E-state index contributed by atoms with van der Waals surface area (Å²) in [4.78, 5) is 10.7. The summed E-state index contributed by atoms with van der Waals surface area (Å²) in [5.74, 6) is 0.973. The summed E-state index contributed by atoms with van der Waals surface area (Å²) in [6, 6.07) is 7.54. The van der Waals surface area contributed by atoms with Crippen molar-refractivity contribution in [1.29, 1.82) is 0 Å². The first-order valence-corrected chi connectivity index (χ1v) is 6.20. The van der Waals surface area contributed by atoms with Crippen LogP contribution in [0.5, 0.6) is 11.5 Å². The fourth-order valence-corrected chi connectivity index (χ4v) is 2.46. The summed E-state index contributed by atoms with van der Waals surface area (Å²) in [7, 11) is 1.62. The number of methoxy groups -OCH3 is 1. The summed E-state index contributed by atoms with van der Waals surface area (Å²) < 4.78 is 11.1. The predicted octanol–water partition coefficient (Wildman–Crippen LogP) is 2.72. The Labute approximate surface area is 107 Å². The van der Waals surface area contributed by atoms with Crippen molar-refractivity contribution < 1.29 is 19.4 Å². The highest BCUT2D eigenvalue weighted by Gasteiger charge is 2.28. The summed E-state index contributed by atoms with van der Waals surface area (Å²) in [6.45, 7) is 0. The maximum atomic E-state index is 10.7. The smallest absolute Gasteiger partial charge is 0.303 e. The van der Waals surface area contributed by atoms with Crippen molar-refractivity contribution in [3.63, 3.8) is 0 Å². The fraction of sp³-hybridized carbons (Fsp3) is 0.500. The minimum absolute atomic E-state index is 0.102. The number of hydrogen-bond donors (Lipinski definition) is 1. The SMILES string of the molecule is COc1ccccc1OC1CCC(CC(=O)O)C1. The average Bonchev–Trinajstić information content (AvgIpc) is 2.76. The Balaban J connectivity index is 1.93. The van der Waals surface area contributed by atoms with Crippen LogP contribution in [0.4, 0.5) is 0 Å². The van der Waals surface area contributed by atoms with E-state index in [-0.39, 0.29) is 18.4 Å². The van der Waals surface area contributed by atoms with Crippen LogP contribution < -0.4 is 9.47 Å². The Kier molecular flexibility index (Phi) is 4.07. The lowest BCUT2D eigenvalue weighted by Gasteiger charge is -2.16. The lowest BCUT2D eigenvalue weighted by Crippen LogP contribution is -2.13. The predicted molar refractivity (Wildman–Crippen MR) is 67.0 cm³/mol. The molecule has 2 atom stereocenters. The van der Waals surface area contributed by atoms with Crippen LogP contribution in [0.1, 0.15) is 25.7 Å². The van der Waals surface area contributed by atoms with E-state index in [4.69, 9.17) is 14.6 Å². The molecule has 0 heterocycles. The van der Waals surface area contributed by atoms with Crippen LogP contribution in [0.15, 0.2) is 24.3 Å². The fourth-order valence-electron chi connectivity index (χ4n) is 2.46. The maximum absolute atomic E-state index is 10.7. The number of carbonyl (C=O) groups is 1. The molecule has 0 amide bonds. The van der Waals surface area contributed by atoms with Crippen LogP contribution >= 0.6 is 0 Å². The second-order valence-electron chi connectivity index (χ2n) is 4.67. The lowest BCUT2D eigenvalue weighted by atomic mass is 10.0. The molecule has 0 bridgehead atoms. The first-order chi connectivity index (χ1) is 8.69. The topological polar surface area (TPSA) is 55.8 Å². The van der Waals surface area contributed by atoms with Crippen LogP contribution in [-0.2, 0) is 4.79 Å². The molecule has 0 aliphatic heterocycles. The summed E-state index contributed by atoms with van der Waals surface area (Å²) in [6.07, 6.45) is 2.99. The molecular formula is C14H18O4. The van der Waals surface area contributed by atoms with Gasteiger partial charge in [-0.3, -0.25) is 4.79 Å². The molecular weight excluding hydrogens is 232 g/mol. The molecule has 98 valence electrons. The highest BCUT2D eigenvalue weighted by atomic mass is 16.5. The first-order valence-electron chi connectivity index (χ1n) is 6.20. The van der Waals surface area contributed by atoms with Crippen molar-refractivity contribution in [3.05, 3.63) is 24.3 Å². The average molecular weight is 250 g/mol. The van der Waals surface area contributed by atoms with Gasteiger partial charge in [0.2, 0.25) is 0 Å². The molecule has 0 spiro atoms. The number of carboxylic acids is 1. The minimum Gasteiger partial charge on any atom is -0.493 e. The highest BCUT2D eigenvalue weighted by Crippen LogP contribution is 2.34. The standard InChI is InChI=1S/C14H18O4/c1-17-12-4-2-3-5-13(12)18-11-7-6-10(8-11)9-14(15)16/h2-5,10-11H,6-9H2,1H3,(H,15,16). The molecule has 1 fully saturated rings. The molecule has 1 N–H and O–H groups in total. The van der Waals surface area contributed by atoms with E-state index in [0.29, 0.717) is 0 Å². The summed E-state index contributed by atoms with van der Waals surface area (Å²) >= 11 is 0. The number of para-hydroxylation sites is 2. The number of rotatable bonds is 5. The molecule has 1 aliphatic carbocycles. The number of carboxylic acid groups (broad SMARTS) is 1. The maximum Gasteiger partial charge on any atom is 0.303 e. The molecule has 0 saturated heterocycles. The van der Waals surface area contributed by atoms with Crippen LogP contribution in [0, 0.1) is 5.92 Å². The zero-order chi connectivity index (χ0) is 13.0. The van der Waals surface area contributed by atoms with Gasteiger partial charge in [-0.15, -0.1) is 0 Å². The molecule has 1 saturated carbocycles. The molecule has 4 heteroatoms. The Hall–Kier alpha value is -1.71. The molecule has 1 aliphatic rings. The largest absolute Gasteiger partial charge is 0.493 e. The van der Waals surface area contributed by atoms with Gasteiger partial charge in [-0.2, -0.15) is 0 Å². The second-order valence-corrected chi connectivity index (χ2v) is 4.67. The minimum atomic E-state index is -0.724. The van der Waals surface area contributed by atoms with Gasteiger partial charge in [0, 0.05) is 6.42 Å². The van der Waals surface area contributed by atoms with Crippen molar-refractivity contribution in [3.8, 4) is 11.5 Å². The van der Waals surface area contributed by atoms with Gasteiger partial charge in [-0.25, -0.2) is 0 Å². The van der Waals surface area contributed by atoms with E-state index in [1.807, 2.05) is 24.3 Å². The summed E-state index contributed by atoms with van der Waals surface area (Å²) in [5.41, 5.74) is 0. The Morgan fingerprint density at radius 2 is 2.06 bits per heavy atom. The van der Waals surface area contributed by atoms with Crippen LogP contribution in [-0.4, -0.2) is 24.3 Å². The van der Waals surface area contributed by atoms with Crippen molar-refractivity contribution >= 4 is 5.97 Å². The normalized spacial score (nSPS) is 22.7. The van der Waals surface area contributed by atoms with Gasteiger partial charge < -0.3 is 14.6 Å². The van der Waals surface area contributed by atoms with Crippen molar-refractivity contribution in [1.82, 2.24) is 0 Å². The van der Waals surface area contributed by atoms with Crippen LogP contribution in [0.25, 0.3) is 0 Å². The zero-order valence-corrected chi connectivity index (χ0v) is 10.5. The molecule has 18 heavy (non-hydrogen) atoms. The first kappa shape index (κ1) is 12.7. The third-order valence-electron chi connectivity index (χ3n) is 3.32. The summed E-state index contributed by atoms with van der Waals surface area (Å²) in [5, 5.41) is 8.77. The van der Waals surface area contributed by atoms with Gasteiger partial charge in [0.05, 0.1) is 13.2 Å². The molecule has 2 rings (SSSR count). The number of hydrogen-bond acceptors (Lipinski definition) is 3. The van der Waals surface area contributed by atoms with Crippen molar-refractivity contribution in [2.24, 2.45) is 5.92 Å². The lowest BCUT2D eigenvalue weighted by molar-refractivity contribution is -0.138. The van der Waals surface area contributed by atoms with E-state index in [9.17, 15) is 4.79 Å². The van der Waals surface area contributed by atoms with Gasteiger partial charge in [0.1, 0.15) is 0 Å². The van der Waals surface area contributed by atoms with Gasteiger partial charge in [0.25, 0.3) is 0 Å². The molecule has 1 aromatic rings. The van der Waals surface area contributed by atoms with Crippen LogP contribution in [0.3, 0.4) is 0 Å². The van der Waals surface area contributed by atoms with Gasteiger partial charge in [-0.05, 0) is 37.3 Å². The Morgan fingerprint density at radius 1 is 1.33 bits per heavy atom. The third-order valence-corrected chi connectivity index (χ3v) is 3.32. The van der Waals surface area contributed by atoms with Crippen molar-refractivity contribution in [2.75, 3.05) is 7.11 Å². The molecule has 0 radical (unpaired) electrons. The second kappa shape index (κ2) is 5.76. The number of benzene rings is 1. The van der Waals surface area contributed by atoms with E-state index in [0.717, 1.165) is 30.8 Å². The van der Waals surface area contributed by atoms with E-state index in [1.165, 1.54) is 0 Å². The van der Waals surface area contributed by atoms with Gasteiger partial charge in [-0.1, -0.05) is 12.1 Å². The Morgan fingerprint density at radius 3 is 2.72 bits per heavy atom. The van der Waals surface area contributed by atoms with Gasteiger partial charge >= 0.3 is 5.97 Å². The van der Waals surface area contributed by atoms with E-state index < -0.39 is 5.97 Å². The highest BCUT2D eigenvalue weighted by molar-refractivity contribution is 5.67. The van der Waals surface area contributed by atoms with Crippen molar-refractivity contribution in [2.45, 2.75) is 31.8 Å². The van der Waals surface area contributed by atoms with E-state index in [1.54, 1.807) is 7.11 Å². The monoisotopic (exact) mass is 250 g/mol. The van der Waals surface area contributed by atoms with E-state index >= 15 is 0 Å². The van der Waals surface area contributed by atoms with E-state index in [2.05, 4.69) is 0 Å². The molecule has 2 unspecified atom stereocenters. The van der Waals surface area contributed by atoms with Crippen LogP contribution in [0.2, 0.25) is 0 Å². The quantitative estimate of drug-likeness (QED) is 0.873. The molecule has 1 aromatic carbocycles. The Bertz CT molecular complexity index is 416. The number of ether oxygens (including phenoxy) is 2. The molecule has 4 nitrogen and oxygen atoms in total. The molecule has 0 aromatic heterocycles.